The molecule has 4 aromatic rings. The summed E-state index contributed by atoms with van der Waals surface area (Å²) in [7, 11) is 0. The quantitative estimate of drug-likeness (QED) is 0.434. The van der Waals surface area contributed by atoms with Crippen molar-refractivity contribution in [2.45, 2.75) is 26.5 Å². The van der Waals surface area contributed by atoms with Crippen molar-refractivity contribution < 1.29 is 18.3 Å². The Balaban J connectivity index is 1.32. The van der Waals surface area contributed by atoms with Crippen LogP contribution in [0.4, 0.5) is 10.1 Å². The number of amides is 1. The number of nitrogens with zero attached hydrogens (tertiary/aromatic N) is 2. The highest BCUT2D eigenvalue weighted by atomic mass is 19.1. The fraction of sp³-hybridized carbons (Fsp3) is 0.167. The Labute approximate surface area is 179 Å². The van der Waals surface area contributed by atoms with E-state index in [0.29, 0.717) is 17.0 Å². The summed E-state index contributed by atoms with van der Waals surface area (Å²) in [5.41, 5.74) is 2.25. The lowest BCUT2D eigenvalue weighted by Gasteiger charge is -2.05. The smallest absolute Gasteiger partial charge is 0.291 e. The lowest BCUT2D eigenvalue weighted by Crippen LogP contribution is -2.10. The molecule has 1 amide bonds. The predicted octanol–water partition coefficient (Wildman–Crippen LogP) is 5.06. The van der Waals surface area contributed by atoms with E-state index in [9.17, 15) is 9.18 Å². The van der Waals surface area contributed by atoms with Gasteiger partial charge in [0.15, 0.2) is 5.76 Å². The molecule has 2 aromatic carbocycles. The number of carbonyl (C=O) groups is 1. The van der Waals surface area contributed by atoms with Crippen LogP contribution in [0.25, 0.3) is 0 Å². The Morgan fingerprint density at radius 2 is 1.94 bits per heavy atom. The molecule has 0 bridgehead atoms. The molecule has 7 heteroatoms. The predicted molar refractivity (Wildman–Crippen MR) is 115 cm³/mol. The third-order valence-electron chi connectivity index (χ3n) is 4.78. The largest absolute Gasteiger partial charge is 0.486 e. The number of rotatable bonds is 8. The van der Waals surface area contributed by atoms with Gasteiger partial charge in [0.05, 0.1) is 18.4 Å². The van der Waals surface area contributed by atoms with Gasteiger partial charge in [0.25, 0.3) is 5.91 Å². The van der Waals surface area contributed by atoms with Gasteiger partial charge in [0.2, 0.25) is 0 Å². The van der Waals surface area contributed by atoms with Crippen LogP contribution in [0.2, 0.25) is 0 Å². The summed E-state index contributed by atoms with van der Waals surface area (Å²) in [4.78, 5) is 12.5. The summed E-state index contributed by atoms with van der Waals surface area (Å²) in [6.07, 6.45) is 4.11. The van der Waals surface area contributed by atoms with Crippen LogP contribution in [-0.4, -0.2) is 15.7 Å². The maximum Gasteiger partial charge on any atom is 0.291 e. The number of anilines is 1. The molecular weight excluding hydrogens is 397 g/mol. The molecule has 2 heterocycles. The van der Waals surface area contributed by atoms with Crippen LogP contribution in [0.1, 0.15) is 34.4 Å². The molecule has 0 aliphatic carbocycles. The van der Waals surface area contributed by atoms with Crippen molar-refractivity contribution in [2.75, 3.05) is 5.32 Å². The number of aryl methyl sites for hydroxylation is 1. The highest BCUT2D eigenvalue weighted by Gasteiger charge is 2.13. The fourth-order valence-electron chi connectivity index (χ4n) is 3.06. The second-order valence-electron chi connectivity index (χ2n) is 7.02. The zero-order chi connectivity index (χ0) is 21.6. The van der Waals surface area contributed by atoms with Gasteiger partial charge in [-0.3, -0.25) is 9.48 Å². The van der Waals surface area contributed by atoms with E-state index in [-0.39, 0.29) is 24.7 Å². The molecule has 0 fully saturated rings. The summed E-state index contributed by atoms with van der Waals surface area (Å²) < 4.78 is 26.6. The third-order valence-corrected chi connectivity index (χ3v) is 4.78. The van der Waals surface area contributed by atoms with Gasteiger partial charge in [0, 0.05) is 11.8 Å². The number of benzene rings is 2. The first-order valence-electron chi connectivity index (χ1n) is 9.98. The third kappa shape index (κ3) is 5.19. The molecule has 0 saturated carbocycles. The zero-order valence-electron chi connectivity index (χ0n) is 17.0. The molecule has 0 radical (unpaired) electrons. The lowest BCUT2D eigenvalue weighted by molar-refractivity contribution is 0.0992. The van der Waals surface area contributed by atoms with Crippen molar-refractivity contribution in [3.05, 3.63) is 102 Å². The van der Waals surface area contributed by atoms with E-state index >= 15 is 0 Å². The Kier molecular flexibility index (Phi) is 6.12. The minimum atomic E-state index is -0.399. The Hall–Kier alpha value is -3.87. The first-order chi connectivity index (χ1) is 15.1. The SMILES string of the molecule is CCc1ccc(OCc2ccc(C(=O)Nc3cnn(Cc4ccccc4F)c3)o2)cc1. The van der Waals surface area contributed by atoms with Gasteiger partial charge in [-0.2, -0.15) is 5.10 Å². The van der Waals surface area contributed by atoms with E-state index in [4.69, 9.17) is 9.15 Å². The van der Waals surface area contributed by atoms with E-state index in [1.54, 1.807) is 41.2 Å². The van der Waals surface area contributed by atoms with Crippen LogP contribution in [0.3, 0.4) is 0 Å². The van der Waals surface area contributed by atoms with Gasteiger partial charge in [-0.05, 0) is 42.3 Å². The topological polar surface area (TPSA) is 69.3 Å². The maximum atomic E-state index is 13.8. The minimum Gasteiger partial charge on any atom is -0.486 e. The van der Waals surface area contributed by atoms with Crippen LogP contribution in [0.15, 0.2) is 77.5 Å². The monoisotopic (exact) mass is 419 g/mol. The summed E-state index contributed by atoms with van der Waals surface area (Å²) in [5.74, 6) is 0.753. The number of hydrogen-bond acceptors (Lipinski definition) is 4. The van der Waals surface area contributed by atoms with Crippen molar-refractivity contribution in [1.82, 2.24) is 9.78 Å². The van der Waals surface area contributed by atoms with Crippen LogP contribution in [0, 0.1) is 5.82 Å². The second kappa shape index (κ2) is 9.30. The Morgan fingerprint density at radius 1 is 1.13 bits per heavy atom. The van der Waals surface area contributed by atoms with Gasteiger partial charge in [-0.25, -0.2) is 4.39 Å². The van der Waals surface area contributed by atoms with E-state index in [0.717, 1.165) is 12.2 Å². The first-order valence-corrected chi connectivity index (χ1v) is 9.98. The van der Waals surface area contributed by atoms with Gasteiger partial charge >= 0.3 is 0 Å². The van der Waals surface area contributed by atoms with Gasteiger partial charge in [0.1, 0.15) is 23.9 Å². The molecule has 0 atom stereocenters. The molecule has 0 spiro atoms. The lowest BCUT2D eigenvalue weighted by atomic mass is 10.2. The average Bonchev–Trinajstić information content (AvgIpc) is 3.44. The number of aromatic nitrogens is 2. The molecule has 4 rings (SSSR count). The normalized spacial score (nSPS) is 10.8. The van der Waals surface area contributed by atoms with Crippen LogP contribution in [0.5, 0.6) is 5.75 Å². The summed E-state index contributed by atoms with van der Waals surface area (Å²) >= 11 is 0. The highest BCUT2D eigenvalue weighted by molar-refractivity contribution is 6.02. The maximum absolute atomic E-state index is 13.8. The molecule has 1 N–H and O–H groups in total. The standard InChI is InChI=1S/C24H22FN3O3/c1-2-17-7-9-20(10-8-17)30-16-21-11-12-23(31-21)24(29)27-19-13-26-28(15-19)14-18-5-3-4-6-22(18)25/h3-13,15H,2,14,16H2,1H3,(H,27,29). The number of halogens is 1. The molecule has 2 aromatic heterocycles. The number of carbonyl (C=O) groups excluding carboxylic acids is 1. The second-order valence-corrected chi connectivity index (χ2v) is 7.02. The van der Waals surface area contributed by atoms with E-state index < -0.39 is 5.91 Å². The number of ether oxygens (including phenoxy) is 1. The van der Waals surface area contributed by atoms with Gasteiger partial charge in [-0.1, -0.05) is 37.3 Å². The number of nitrogens with one attached hydrogen (secondary N) is 1. The van der Waals surface area contributed by atoms with Crippen LogP contribution < -0.4 is 10.1 Å². The molecule has 158 valence electrons. The van der Waals surface area contributed by atoms with Crippen molar-refractivity contribution >= 4 is 11.6 Å². The fourth-order valence-corrected chi connectivity index (χ4v) is 3.06. The van der Waals surface area contributed by atoms with Crippen molar-refractivity contribution in [2.24, 2.45) is 0 Å². The molecule has 0 aliphatic rings. The number of hydrogen-bond donors (Lipinski definition) is 1. The van der Waals surface area contributed by atoms with Gasteiger partial charge in [-0.15, -0.1) is 0 Å². The molecular formula is C24H22FN3O3. The van der Waals surface area contributed by atoms with Crippen molar-refractivity contribution in [3.63, 3.8) is 0 Å². The zero-order valence-corrected chi connectivity index (χ0v) is 17.0. The highest BCUT2D eigenvalue weighted by Crippen LogP contribution is 2.17. The first kappa shape index (κ1) is 20.4. The number of furan rings is 1. The molecule has 31 heavy (non-hydrogen) atoms. The van der Waals surface area contributed by atoms with Crippen molar-refractivity contribution in [1.29, 1.82) is 0 Å². The van der Waals surface area contributed by atoms with Crippen LogP contribution >= 0.6 is 0 Å². The molecule has 6 nitrogen and oxygen atoms in total. The molecule has 0 saturated heterocycles. The van der Waals surface area contributed by atoms with Crippen LogP contribution in [-0.2, 0) is 19.6 Å². The molecule has 0 unspecified atom stereocenters. The Bertz CT molecular complexity index is 1160. The summed E-state index contributed by atoms with van der Waals surface area (Å²) in [5, 5.41) is 6.89. The van der Waals surface area contributed by atoms with Crippen molar-refractivity contribution in [3.8, 4) is 5.75 Å². The molecule has 0 aliphatic heterocycles. The minimum absolute atomic E-state index is 0.168. The van der Waals surface area contributed by atoms with Gasteiger partial charge < -0.3 is 14.5 Å². The van der Waals surface area contributed by atoms with E-state index in [1.807, 2.05) is 24.3 Å². The summed E-state index contributed by atoms with van der Waals surface area (Å²) in [6.45, 7) is 2.59. The summed E-state index contributed by atoms with van der Waals surface area (Å²) in [6, 6.07) is 17.7. The Morgan fingerprint density at radius 3 is 2.71 bits per heavy atom. The van der Waals surface area contributed by atoms with E-state index in [1.165, 1.54) is 17.8 Å². The average molecular weight is 419 g/mol. The van der Waals surface area contributed by atoms with E-state index in [2.05, 4.69) is 17.3 Å².